The fourth-order valence-electron chi connectivity index (χ4n) is 5.99. The van der Waals surface area contributed by atoms with Gasteiger partial charge < -0.3 is 18.9 Å². The number of benzene rings is 6. The number of methoxy groups -OCH3 is 2. The molecule has 0 aliphatic heterocycles. The summed E-state index contributed by atoms with van der Waals surface area (Å²) in [5, 5.41) is 22.0. The minimum absolute atomic E-state index is 0.0192. The molecule has 0 spiro atoms. The van der Waals surface area contributed by atoms with E-state index in [2.05, 4.69) is 0 Å². The fraction of sp³-hybridized carbons (Fsp3) is 0.136. The summed E-state index contributed by atoms with van der Waals surface area (Å²) in [7, 11) is 2.89. The summed E-state index contributed by atoms with van der Waals surface area (Å²) in [5.74, 6) is 0.834. The van der Waals surface area contributed by atoms with Crippen molar-refractivity contribution in [2.75, 3.05) is 14.2 Å². The van der Waals surface area contributed by atoms with Gasteiger partial charge in [-0.05, 0) is 135 Å². The van der Waals surface area contributed by atoms with Crippen molar-refractivity contribution in [1.29, 1.82) is 0 Å². The molecule has 0 saturated carbocycles. The second-order valence-corrected chi connectivity index (χ2v) is 12.9. The molecule has 0 heterocycles. The summed E-state index contributed by atoms with van der Waals surface area (Å²) in [5.41, 5.74) is 3.48. The largest absolute Gasteiger partial charge is 0.496 e. The van der Waals surface area contributed by atoms with Gasteiger partial charge in [0.1, 0.15) is 46.1 Å². The van der Waals surface area contributed by atoms with E-state index in [-0.39, 0.29) is 34.1 Å². The van der Waals surface area contributed by atoms with Crippen LogP contribution < -0.4 is 18.9 Å². The number of hydrogen-bond donors (Lipinski definition) is 0. The van der Waals surface area contributed by atoms with Gasteiger partial charge in [0, 0.05) is 35.4 Å². The average molecular weight is 791 g/mol. The molecule has 0 aliphatic rings. The lowest BCUT2D eigenvalue weighted by Gasteiger charge is -2.14. The van der Waals surface area contributed by atoms with Crippen LogP contribution in [0.5, 0.6) is 34.5 Å². The van der Waals surface area contributed by atoms with Gasteiger partial charge in [0.2, 0.25) is 0 Å². The van der Waals surface area contributed by atoms with E-state index in [1.165, 1.54) is 99.1 Å². The van der Waals surface area contributed by atoms with Crippen LogP contribution in [0.15, 0.2) is 109 Å². The van der Waals surface area contributed by atoms with Crippen LogP contribution >= 0.6 is 0 Å². The number of nitro groups is 2. The number of ketones is 2. The molecule has 0 unspecified atom stereocenters. The number of nitrogens with zero attached hydrogens (tertiary/aromatic N) is 2. The quantitative estimate of drug-likeness (QED) is 0.0663. The first-order valence-corrected chi connectivity index (χ1v) is 17.4. The SMILES string of the molecule is COc1ccc(Oc2c(C)cc([N+](=O)[O-])cc2C)cc1C(=O)c1ccc(F)cc1.COc1ccc(Oc2c(C)cc([N+](=O)[O-])cc2C)cc1C(=O)c1ccc(F)cc1. The van der Waals surface area contributed by atoms with Crippen molar-refractivity contribution in [3.63, 3.8) is 0 Å². The molecule has 12 nitrogen and oxygen atoms in total. The van der Waals surface area contributed by atoms with Crippen LogP contribution in [0.2, 0.25) is 0 Å². The number of halogens is 2. The van der Waals surface area contributed by atoms with Crippen molar-refractivity contribution < 1.29 is 47.2 Å². The number of hydrogen-bond acceptors (Lipinski definition) is 10. The Morgan fingerprint density at radius 1 is 0.500 bits per heavy atom. The van der Waals surface area contributed by atoms with Gasteiger partial charge in [0.15, 0.2) is 11.6 Å². The first-order valence-electron chi connectivity index (χ1n) is 17.4. The van der Waals surface area contributed by atoms with Crippen molar-refractivity contribution in [3.05, 3.63) is 186 Å². The highest BCUT2D eigenvalue weighted by molar-refractivity contribution is 6.11. The molecule has 0 bridgehead atoms. The summed E-state index contributed by atoms with van der Waals surface area (Å²) in [6.07, 6.45) is 0. The molecular formula is C44H36F2N2O10. The van der Waals surface area contributed by atoms with Gasteiger partial charge in [-0.1, -0.05) is 0 Å². The second kappa shape index (κ2) is 18.0. The number of ether oxygens (including phenoxy) is 4. The summed E-state index contributed by atoms with van der Waals surface area (Å²) < 4.78 is 48.7. The Kier molecular flexibility index (Phi) is 12.9. The zero-order valence-corrected chi connectivity index (χ0v) is 32.1. The molecule has 0 atom stereocenters. The van der Waals surface area contributed by atoms with Gasteiger partial charge in [0.05, 0.1) is 35.2 Å². The van der Waals surface area contributed by atoms with E-state index in [0.717, 1.165) is 0 Å². The third kappa shape index (κ3) is 9.66. The zero-order chi connectivity index (χ0) is 42.3. The van der Waals surface area contributed by atoms with Crippen LogP contribution in [0.1, 0.15) is 54.1 Å². The van der Waals surface area contributed by atoms with E-state index < -0.39 is 21.5 Å². The van der Waals surface area contributed by atoms with Crippen LogP contribution in [0.25, 0.3) is 0 Å². The van der Waals surface area contributed by atoms with Gasteiger partial charge in [-0.15, -0.1) is 0 Å². The Hall–Kier alpha value is -7.48. The Labute approximate surface area is 331 Å². The molecule has 296 valence electrons. The maximum atomic E-state index is 13.2. The lowest BCUT2D eigenvalue weighted by atomic mass is 10.0. The van der Waals surface area contributed by atoms with E-state index in [1.807, 2.05) is 0 Å². The molecule has 14 heteroatoms. The Bertz CT molecular complexity index is 2320. The standard InChI is InChI=1S/2C22H18FNO5/c2*1-13-10-17(24(26)27)11-14(2)22(13)29-18-8-9-20(28-3)19(12-18)21(25)15-4-6-16(23)7-5-15/h2*4-12H,1-3H3. The molecule has 6 aromatic rings. The summed E-state index contributed by atoms with van der Waals surface area (Å²) in [6.45, 7) is 6.85. The Balaban J connectivity index is 0.000000221. The average Bonchev–Trinajstić information content (AvgIpc) is 3.20. The molecule has 0 aliphatic carbocycles. The highest BCUT2D eigenvalue weighted by Crippen LogP contribution is 2.36. The second-order valence-electron chi connectivity index (χ2n) is 12.9. The highest BCUT2D eigenvalue weighted by atomic mass is 19.1. The highest BCUT2D eigenvalue weighted by Gasteiger charge is 2.20. The summed E-state index contributed by atoms with van der Waals surface area (Å²) >= 11 is 0. The number of aryl methyl sites for hydroxylation is 4. The van der Waals surface area contributed by atoms with Crippen molar-refractivity contribution in [3.8, 4) is 34.5 Å². The molecule has 0 N–H and O–H groups in total. The summed E-state index contributed by atoms with van der Waals surface area (Å²) in [6, 6.07) is 25.7. The minimum atomic E-state index is -0.462. The molecule has 58 heavy (non-hydrogen) atoms. The smallest absolute Gasteiger partial charge is 0.270 e. The predicted molar refractivity (Wildman–Crippen MR) is 211 cm³/mol. The lowest BCUT2D eigenvalue weighted by molar-refractivity contribution is -0.385. The molecule has 0 amide bonds. The van der Waals surface area contributed by atoms with Crippen molar-refractivity contribution in [2.45, 2.75) is 27.7 Å². The maximum absolute atomic E-state index is 13.2. The third-order valence-corrected chi connectivity index (χ3v) is 8.80. The van der Waals surface area contributed by atoms with Crippen LogP contribution in [0.3, 0.4) is 0 Å². The van der Waals surface area contributed by atoms with E-state index in [4.69, 9.17) is 18.9 Å². The van der Waals surface area contributed by atoms with E-state index in [0.29, 0.717) is 67.9 Å². The zero-order valence-electron chi connectivity index (χ0n) is 32.1. The molecule has 0 fully saturated rings. The Morgan fingerprint density at radius 3 is 1.09 bits per heavy atom. The first kappa shape index (κ1) is 41.7. The van der Waals surface area contributed by atoms with Crippen LogP contribution in [0.4, 0.5) is 20.2 Å². The lowest BCUT2D eigenvalue weighted by Crippen LogP contribution is -2.05. The molecule has 0 aromatic heterocycles. The Morgan fingerprint density at radius 2 is 0.810 bits per heavy atom. The number of rotatable bonds is 12. The van der Waals surface area contributed by atoms with E-state index >= 15 is 0 Å². The monoisotopic (exact) mass is 790 g/mol. The van der Waals surface area contributed by atoms with Crippen LogP contribution in [-0.4, -0.2) is 35.6 Å². The van der Waals surface area contributed by atoms with Gasteiger partial charge >= 0.3 is 0 Å². The minimum Gasteiger partial charge on any atom is -0.496 e. The molecule has 0 saturated heterocycles. The fourth-order valence-corrected chi connectivity index (χ4v) is 5.99. The number of nitro benzene ring substituents is 2. The predicted octanol–water partition coefficient (Wildman–Crippen LogP) is 10.8. The first-order chi connectivity index (χ1) is 27.6. The van der Waals surface area contributed by atoms with Gasteiger partial charge in [0.25, 0.3) is 11.4 Å². The maximum Gasteiger partial charge on any atom is 0.270 e. The summed E-state index contributed by atoms with van der Waals surface area (Å²) in [4.78, 5) is 46.8. The van der Waals surface area contributed by atoms with Crippen molar-refractivity contribution in [2.24, 2.45) is 0 Å². The van der Waals surface area contributed by atoms with Gasteiger partial charge in [-0.2, -0.15) is 0 Å². The molecular weight excluding hydrogens is 754 g/mol. The van der Waals surface area contributed by atoms with E-state index in [9.17, 15) is 38.6 Å². The molecule has 6 rings (SSSR count). The van der Waals surface area contributed by atoms with E-state index in [1.54, 1.807) is 52.0 Å². The topological polar surface area (TPSA) is 157 Å². The van der Waals surface area contributed by atoms with Crippen LogP contribution in [-0.2, 0) is 0 Å². The third-order valence-electron chi connectivity index (χ3n) is 8.80. The number of non-ortho nitro benzene ring substituents is 2. The van der Waals surface area contributed by atoms with Gasteiger partial charge in [-0.25, -0.2) is 8.78 Å². The number of carbonyl (C=O) groups excluding carboxylic acids is 2. The van der Waals surface area contributed by atoms with Gasteiger partial charge in [-0.3, -0.25) is 29.8 Å². The molecule has 0 radical (unpaired) electrons. The molecule has 6 aromatic carbocycles. The van der Waals surface area contributed by atoms with Crippen LogP contribution in [0, 0.1) is 59.6 Å². The van der Waals surface area contributed by atoms with Crippen molar-refractivity contribution >= 4 is 22.9 Å². The van der Waals surface area contributed by atoms with Crippen molar-refractivity contribution in [1.82, 2.24) is 0 Å². The number of carbonyl (C=O) groups is 2. The normalized spacial score (nSPS) is 10.5.